The SMILES string of the molecule is C[C@H]1OC(COS(=O)(=O)O)CC(O)C1N. The van der Waals surface area contributed by atoms with Gasteiger partial charge in [-0.1, -0.05) is 0 Å². The minimum atomic E-state index is -4.46. The van der Waals surface area contributed by atoms with Gasteiger partial charge in [-0.25, -0.2) is 4.18 Å². The molecule has 1 fully saturated rings. The average Bonchev–Trinajstić information content (AvgIpc) is 2.09. The molecule has 0 aromatic rings. The number of hydrogen-bond acceptors (Lipinski definition) is 6. The smallest absolute Gasteiger partial charge is 0.391 e. The normalized spacial score (nSPS) is 37.9. The number of ether oxygens (including phenoxy) is 1. The number of nitrogens with two attached hydrogens (primary N) is 1. The van der Waals surface area contributed by atoms with Crippen LogP contribution in [0.1, 0.15) is 13.3 Å². The molecule has 1 rings (SSSR count). The number of aliphatic hydroxyl groups excluding tert-OH is 1. The molecule has 0 bridgehead atoms. The second kappa shape index (κ2) is 4.73. The summed E-state index contributed by atoms with van der Waals surface area (Å²) in [5.74, 6) is 0. The van der Waals surface area contributed by atoms with Crippen LogP contribution in [0.4, 0.5) is 0 Å². The van der Waals surface area contributed by atoms with E-state index in [9.17, 15) is 13.5 Å². The molecular weight excluding hydrogens is 226 g/mol. The van der Waals surface area contributed by atoms with Crippen LogP contribution in [-0.4, -0.2) is 49.0 Å². The lowest BCUT2D eigenvalue weighted by Crippen LogP contribution is -2.52. The van der Waals surface area contributed by atoms with Gasteiger partial charge < -0.3 is 15.6 Å². The first-order chi connectivity index (χ1) is 6.79. The maximum atomic E-state index is 10.3. The second-order valence-electron chi connectivity index (χ2n) is 3.56. The van der Waals surface area contributed by atoms with Gasteiger partial charge in [0.2, 0.25) is 0 Å². The van der Waals surface area contributed by atoms with Gasteiger partial charge in [-0.15, -0.1) is 0 Å². The van der Waals surface area contributed by atoms with Gasteiger partial charge in [-0.3, -0.25) is 4.55 Å². The molecule has 0 amide bonds. The summed E-state index contributed by atoms with van der Waals surface area (Å²) in [7, 11) is -4.46. The van der Waals surface area contributed by atoms with Gasteiger partial charge in [-0.2, -0.15) is 8.42 Å². The standard InChI is InChI=1S/C7H15NO6S/c1-4-7(8)6(9)2-5(14-4)3-13-15(10,11)12/h4-7,9H,2-3,8H2,1H3,(H,10,11,12)/t4-,5?,6?,7?/m1/s1. The van der Waals surface area contributed by atoms with Crippen LogP contribution in [0, 0.1) is 0 Å². The first kappa shape index (κ1) is 12.8. The fourth-order valence-corrected chi connectivity index (χ4v) is 1.78. The van der Waals surface area contributed by atoms with E-state index >= 15 is 0 Å². The molecule has 0 aliphatic carbocycles. The number of aliphatic hydroxyl groups is 1. The van der Waals surface area contributed by atoms with Gasteiger partial charge in [0, 0.05) is 6.42 Å². The zero-order chi connectivity index (χ0) is 11.6. The summed E-state index contributed by atoms with van der Waals surface area (Å²) in [6.07, 6.45) is -1.55. The van der Waals surface area contributed by atoms with Crippen LogP contribution in [0.2, 0.25) is 0 Å². The summed E-state index contributed by atoms with van der Waals surface area (Å²) < 4.78 is 38.4. The maximum Gasteiger partial charge on any atom is 0.397 e. The maximum absolute atomic E-state index is 10.3. The van der Waals surface area contributed by atoms with Crippen molar-refractivity contribution >= 4 is 10.4 Å². The first-order valence-corrected chi connectivity index (χ1v) is 5.87. The third-order valence-electron chi connectivity index (χ3n) is 2.30. The van der Waals surface area contributed by atoms with Gasteiger partial charge in [0.1, 0.15) is 0 Å². The van der Waals surface area contributed by atoms with Crippen molar-refractivity contribution in [3.05, 3.63) is 0 Å². The monoisotopic (exact) mass is 241 g/mol. The van der Waals surface area contributed by atoms with Crippen LogP contribution in [0.25, 0.3) is 0 Å². The summed E-state index contributed by atoms with van der Waals surface area (Å²) in [6.45, 7) is 1.35. The van der Waals surface area contributed by atoms with Crippen molar-refractivity contribution in [2.24, 2.45) is 5.73 Å². The van der Waals surface area contributed by atoms with Gasteiger partial charge >= 0.3 is 10.4 Å². The van der Waals surface area contributed by atoms with E-state index in [1.165, 1.54) is 0 Å². The fourth-order valence-electron chi connectivity index (χ4n) is 1.46. The molecule has 1 aliphatic heterocycles. The average molecular weight is 241 g/mol. The molecule has 7 nitrogen and oxygen atoms in total. The zero-order valence-corrected chi connectivity index (χ0v) is 9.05. The molecule has 0 aromatic carbocycles. The van der Waals surface area contributed by atoms with Crippen LogP contribution < -0.4 is 5.73 Å². The highest BCUT2D eigenvalue weighted by molar-refractivity contribution is 7.80. The summed E-state index contributed by atoms with van der Waals surface area (Å²) >= 11 is 0. The zero-order valence-electron chi connectivity index (χ0n) is 8.24. The molecular formula is C7H15NO6S. The molecule has 1 saturated heterocycles. The van der Waals surface area contributed by atoms with Crippen LogP contribution in [0.3, 0.4) is 0 Å². The van der Waals surface area contributed by atoms with Crippen molar-refractivity contribution in [1.82, 2.24) is 0 Å². The van der Waals surface area contributed by atoms with Crippen molar-refractivity contribution in [2.75, 3.05) is 6.61 Å². The molecule has 1 aliphatic rings. The lowest BCUT2D eigenvalue weighted by Gasteiger charge is -2.35. The van der Waals surface area contributed by atoms with E-state index in [1.54, 1.807) is 6.92 Å². The fraction of sp³-hybridized carbons (Fsp3) is 1.00. The minimum absolute atomic E-state index is 0.182. The molecule has 3 unspecified atom stereocenters. The Morgan fingerprint density at radius 3 is 2.67 bits per heavy atom. The predicted molar refractivity (Wildman–Crippen MR) is 50.4 cm³/mol. The molecule has 0 spiro atoms. The first-order valence-electron chi connectivity index (χ1n) is 4.50. The largest absolute Gasteiger partial charge is 0.397 e. The van der Waals surface area contributed by atoms with Gasteiger partial charge in [0.25, 0.3) is 0 Å². The van der Waals surface area contributed by atoms with Crippen LogP contribution in [-0.2, 0) is 19.3 Å². The van der Waals surface area contributed by atoms with Crippen LogP contribution in [0.15, 0.2) is 0 Å². The van der Waals surface area contributed by atoms with E-state index < -0.39 is 28.6 Å². The Bertz CT molecular complexity index is 293. The minimum Gasteiger partial charge on any atom is -0.391 e. The molecule has 8 heteroatoms. The lowest BCUT2D eigenvalue weighted by atomic mass is 9.97. The van der Waals surface area contributed by atoms with E-state index in [2.05, 4.69) is 4.18 Å². The van der Waals surface area contributed by atoms with Crippen molar-refractivity contribution in [1.29, 1.82) is 0 Å². The summed E-state index contributed by atoms with van der Waals surface area (Å²) in [5.41, 5.74) is 5.58. The Kier molecular flexibility index (Phi) is 4.04. The Balaban J connectivity index is 2.45. The van der Waals surface area contributed by atoms with Crippen LogP contribution >= 0.6 is 0 Å². The predicted octanol–water partition coefficient (Wildman–Crippen LogP) is -1.33. The van der Waals surface area contributed by atoms with E-state index in [4.69, 9.17) is 15.0 Å². The molecule has 4 atom stereocenters. The Hall–Kier alpha value is -0.250. The highest BCUT2D eigenvalue weighted by Crippen LogP contribution is 2.19. The third kappa shape index (κ3) is 4.01. The van der Waals surface area contributed by atoms with Crippen LogP contribution in [0.5, 0.6) is 0 Å². The molecule has 1 heterocycles. The quantitative estimate of drug-likeness (QED) is 0.524. The Morgan fingerprint density at radius 2 is 2.20 bits per heavy atom. The molecule has 0 saturated carbocycles. The van der Waals surface area contributed by atoms with E-state index in [1.807, 2.05) is 0 Å². The van der Waals surface area contributed by atoms with Crippen molar-refractivity contribution in [3.63, 3.8) is 0 Å². The molecule has 90 valence electrons. The molecule has 15 heavy (non-hydrogen) atoms. The lowest BCUT2D eigenvalue weighted by molar-refractivity contribution is -0.113. The number of hydrogen-bond donors (Lipinski definition) is 3. The van der Waals surface area contributed by atoms with Crippen molar-refractivity contribution < 1.29 is 27.0 Å². The highest BCUT2D eigenvalue weighted by atomic mass is 32.3. The van der Waals surface area contributed by atoms with Gasteiger partial charge in [-0.05, 0) is 6.92 Å². The summed E-state index contributed by atoms with van der Waals surface area (Å²) in [6, 6.07) is -0.494. The second-order valence-corrected chi connectivity index (χ2v) is 4.65. The van der Waals surface area contributed by atoms with E-state index in [0.29, 0.717) is 0 Å². The third-order valence-corrected chi connectivity index (χ3v) is 2.73. The van der Waals surface area contributed by atoms with E-state index in [0.717, 1.165) is 0 Å². The van der Waals surface area contributed by atoms with Crippen molar-refractivity contribution in [3.8, 4) is 0 Å². The van der Waals surface area contributed by atoms with E-state index in [-0.39, 0.29) is 19.1 Å². The van der Waals surface area contributed by atoms with Gasteiger partial charge in [0.15, 0.2) is 0 Å². The summed E-state index contributed by atoms with van der Waals surface area (Å²) in [4.78, 5) is 0. The van der Waals surface area contributed by atoms with Gasteiger partial charge in [0.05, 0.1) is 31.0 Å². The van der Waals surface area contributed by atoms with Crippen molar-refractivity contribution in [2.45, 2.75) is 37.7 Å². The Labute approximate surface area is 88.1 Å². The highest BCUT2D eigenvalue weighted by Gasteiger charge is 2.33. The number of rotatable bonds is 3. The Morgan fingerprint density at radius 1 is 1.60 bits per heavy atom. The molecule has 4 N–H and O–H groups in total. The topological polar surface area (TPSA) is 119 Å². The summed E-state index contributed by atoms with van der Waals surface area (Å²) in [5, 5.41) is 9.48. The molecule has 0 radical (unpaired) electrons. The molecule has 0 aromatic heterocycles.